The summed E-state index contributed by atoms with van der Waals surface area (Å²) >= 11 is 0. The van der Waals surface area contributed by atoms with Gasteiger partial charge < -0.3 is 15.4 Å². The highest BCUT2D eigenvalue weighted by Crippen LogP contribution is 2.23. The van der Waals surface area contributed by atoms with Crippen LogP contribution in [0.15, 0.2) is 24.3 Å². The predicted molar refractivity (Wildman–Crippen MR) is 74.8 cm³/mol. The Hall–Kier alpha value is -1.62. The average molecular weight is 280 g/mol. The quantitative estimate of drug-likeness (QED) is 0.915. The third-order valence-corrected chi connectivity index (χ3v) is 3.84. The third-order valence-electron chi connectivity index (χ3n) is 3.84. The first kappa shape index (κ1) is 14.8. The van der Waals surface area contributed by atoms with Gasteiger partial charge in [-0.25, -0.2) is 4.39 Å². The van der Waals surface area contributed by atoms with Crippen molar-refractivity contribution < 1.29 is 13.9 Å². The molecule has 1 heterocycles. The van der Waals surface area contributed by atoms with Gasteiger partial charge >= 0.3 is 0 Å². The van der Waals surface area contributed by atoms with Gasteiger partial charge in [0.05, 0.1) is 0 Å². The van der Waals surface area contributed by atoms with Gasteiger partial charge in [-0.15, -0.1) is 0 Å². The van der Waals surface area contributed by atoms with Crippen LogP contribution in [0.4, 0.5) is 4.39 Å². The maximum absolute atomic E-state index is 13.0. The summed E-state index contributed by atoms with van der Waals surface area (Å²) in [7, 11) is 0. The van der Waals surface area contributed by atoms with E-state index in [2.05, 4.69) is 6.92 Å². The molecule has 4 nitrogen and oxygen atoms in total. The summed E-state index contributed by atoms with van der Waals surface area (Å²) in [5, 5.41) is 0. The molecule has 0 unspecified atom stereocenters. The lowest BCUT2D eigenvalue weighted by molar-refractivity contribution is -0.138. The number of benzene rings is 1. The van der Waals surface area contributed by atoms with Crippen molar-refractivity contribution >= 4 is 5.91 Å². The van der Waals surface area contributed by atoms with Gasteiger partial charge in [0.1, 0.15) is 11.6 Å². The summed E-state index contributed by atoms with van der Waals surface area (Å²) in [6, 6.07) is 5.88. The molecule has 0 aromatic heterocycles. The van der Waals surface area contributed by atoms with Crippen molar-refractivity contribution in [1.82, 2.24) is 4.90 Å². The van der Waals surface area contributed by atoms with E-state index in [4.69, 9.17) is 10.5 Å². The van der Waals surface area contributed by atoms with E-state index in [0.29, 0.717) is 18.2 Å². The summed E-state index contributed by atoms with van der Waals surface area (Å²) < 4.78 is 18.4. The zero-order chi connectivity index (χ0) is 14.5. The minimum absolute atomic E-state index is 0.0763. The first-order valence-electron chi connectivity index (χ1n) is 6.99. The van der Waals surface area contributed by atoms with Crippen LogP contribution in [0.3, 0.4) is 0 Å². The molecule has 0 bridgehead atoms. The van der Waals surface area contributed by atoms with Crippen molar-refractivity contribution in [1.29, 1.82) is 0 Å². The van der Waals surface area contributed by atoms with Crippen molar-refractivity contribution in [2.75, 3.05) is 19.7 Å². The van der Waals surface area contributed by atoms with Crippen molar-refractivity contribution in [2.45, 2.75) is 25.8 Å². The van der Waals surface area contributed by atoms with E-state index in [1.54, 1.807) is 17.0 Å². The number of halogens is 1. The average Bonchev–Trinajstić information content (AvgIpc) is 2.44. The number of rotatable bonds is 4. The summed E-state index contributed by atoms with van der Waals surface area (Å²) in [6.45, 7) is 3.22. The number of carbonyl (C=O) groups is 1. The summed E-state index contributed by atoms with van der Waals surface area (Å²) in [5.41, 5.74) is 5.76. The summed E-state index contributed by atoms with van der Waals surface area (Å²) in [5.74, 6) is 0.317. The van der Waals surface area contributed by atoms with E-state index in [0.717, 1.165) is 19.4 Å². The fourth-order valence-corrected chi connectivity index (χ4v) is 2.70. The lowest BCUT2D eigenvalue weighted by atomic mass is 9.91. The molecular formula is C15H21FN2O2. The maximum Gasteiger partial charge on any atom is 0.260 e. The van der Waals surface area contributed by atoms with E-state index in [1.807, 2.05) is 0 Å². The Kier molecular flexibility index (Phi) is 4.95. The topological polar surface area (TPSA) is 55.6 Å². The number of piperidine rings is 1. The molecule has 0 radical (unpaired) electrons. The summed E-state index contributed by atoms with van der Waals surface area (Å²) in [4.78, 5) is 14.0. The standard InChI is InChI=1S/C15H21FN2O2/c1-11-4-3-7-18(14(11)9-17)15(19)10-20-13-6-2-5-12(16)8-13/h2,5-6,8,11,14H,3-4,7,9-10,17H2,1H3/t11-,14+/m0/s1. The van der Waals surface area contributed by atoms with E-state index in [-0.39, 0.29) is 24.4 Å². The molecule has 1 aromatic carbocycles. The molecule has 2 N–H and O–H groups in total. The molecule has 5 heteroatoms. The molecule has 20 heavy (non-hydrogen) atoms. The van der Waals surface area contributed by atoms with Crippen LogP contribution >= 0.6 is 0 Å². The number of carbonyl (C=O) groups excluding carboxylic acids is 1. The second-order valence-electron chi connectivity index (χ2n) is 5.26. The minimum Gasteiger partial charge on any atom is -0.484 e. The molecule has 1 aliphatic rings. The first-order valence-corrected chi connectivity index (χ1v) is 6.99. The fourth-order valence-electron chi connectivity index (χ4n) is 2.70. The monoisotopic (exact) mass is 280 g/mol. The second kappa shape index (κ2) is 6.70. The van der Waals surface area contributed by atoms with Gasteiger partial charge in [0, 0.05) is 25.2 Å². The number of nitrogens with zero attached hydrogens (tertiary/aromatic N) is 1. The van der Waals surface area contributed by atoms with Crippen LogP contribution < -0.4 is 10.5 Å². The van der Waals surface area contributed by atoms with Crippen LogP contribution in [-0.2, 0) is 4.79 Å². The Morgan fingerprint density at radius 2 is 2.35 bits per heavy atom. The van der Waals surface area contributed by atoms with Crippen molar-refractivity contribution in [3.63, 3.8) is 0 Å². The van der Waals surface area contributed by atoms with Crippen molar-refractivity contribution in [3.8, 4) is 5.75 Å². The van der Waals surface area contributed by atoms with Crippen LogP contribution in [-0.4, -0.2) is 36.5 Å². The Bertz CT molecular complexity index is 467. The van der Waals surface area contributed by atoms with E-state index < -0.39 is 0 Å². The van der Waals surface area contributed by atoms with Crippen molar-refractivity contribution in [3.05, 3.63) is 30.1 Å². The van der Waals surface area contributed by atoms with Crippen molar-refractivity contribution in [2.24, 2.45) is 11.7 Å². The lowest BCUT2D eigenvalue weighted by Gasteiger charge is -2.39. The Morgan fingerprint density at radius 1 is 1.55 bits per heavy atom. The highest BCUT2D eigenvalue weighted by Gasteiger charge is 2.30. The number of hydrogen-bond donors (Lipinski definition) is 1. The molecule has 0 spiro atoms. The van der Waals surface area contributed by atoms with E-state index >= 15 is 0 Å². The Morgan fingerprint density at radius 3 is 3.05 bits per heavy atom. The number of ether oxygens (including phenoxy) is 1. The lowest BCUT2D eigenvalue weighted by Crippen LogP contribution is -2.52. The van der Waals surface area contributed by atoms with Gasteiger partial charge in [-0.3, -0.25) is 4.79 Å². The highest BCUT2D eigenvalue weighted by molar-refractivity contribution is 5.78. The fraction of sp³-hybridized carbons (Fsp3) is 0.533. The molecule has 1 fully saturated rings. The van der Waals surface area contributed by atoms with Gasteiger partial charge in [-0.2, -0.15) is 0 Å². The Labute approximate surface area is 118 Å². The van der Waals surface area contributed by atoms with Gasteiger partial charge in [-0.1, -0.05) is 13.0 Å². The predicted octanol–water partition coefficient (Wildman–Crippen LogP) is 1.79. The maximum atomic E-state index is 13.0. The smallest absolute Gasteiger partial charge is 0.260 e. The second-order valence-corrected chi connectivity index (χ2v) is 5.26. The third kappa shape index (κ3) is 3.48. The molecule has 0 saturated carbocycles. The minimum atomic E-state index is -0.374. The molecule has 1 saturated heterocycles. The van der Waals surface area contributed by atoms with E-state index in [1.165, 1.54) is 12.1 Å². The number of hydrogen-bond acceptors (Lipinski definition) is 3. The number of likely N-dealkylation sites (tertiary alicyclic amines) is 1. The number of amides is 1. The summed E-state index contributed by atoms with van der Waals surface area (Å²) in [6.07, 6.45) is 2.08. The highest BCUT2D eigenvalue weighted by atomic mass is 19.1. The van der Waals surface area contributed by atoms with Gasteiger partial charge in [0.25, 0.3) is 5.91 Å². The molecule has 2 rings (SSSR count). The first-order chi connectivity index (χ1) is 9.61. The van der Waals surface area contributed by atoms with E-state index in [9.17, 15) is 9.18 Å². The Balaban J connectivity index is 1.93. The molecule has 1 aromatic rings. The van der Waals surface area contributed by atoms with Crippen LogP contribution in [0.2, 0.25) is 0 Å². The molecule has 1 aliphatic heterocycles. The molecule has 2 atom stereocenters. The normalized spacial score (nSPS) is 22.6. The van der Waals surface area contributed by atoms with Gasteiger partial charge in [-0.05, 0) is 30.9 Å². The largest absolute Gasteiger partial charge is 0.484 e. The van der Waals surface area contributed by atoms with Gasteiger partial charge in [0.2, 0.25) is 0 Å². The number of nitrogens with two attached hydrogens (primary N) is 1. The van der Waals surface area contributed by atoms with Crippen LogP contribution in [0.25, 0.3) is 0 Å². The molecule has 110 valence electrons. The molecule has 0 aliphatic carbocycles. The SMILES string of the molecule is C[C@H]1CCCN(C(=O)COc2cccc(F)c2)[C@@H]1CN. The van der Waals surface area contributed by atoms with Crippen LogP contribution in [0.5, 0.6) is 5.75 Å². The molecular weight excluding hydrogens is 259 g/mol. The van der Waals surface area contributed by atoms with Gasteiger partial charge in [0.15, 0.2) is 6.61 Å². The van der Waals surface area contributed by atoms with Crippen LogP contribution in [0.1, 0.15) is 19.8 Å². The zero-order valence-electron chi connectivity index (χ0n) is 11.7. The van der Waals surface area contributed by atoms with Crippen LogP contribution in [0, 0.1) is 11.7 Å². The molecule has 1 amide bonds. The zero-order valence-corrected chi connectivity index (χ0v) is 11.7.